The molecule has 0 spiro atoms. The summed E-state index contributed by atoms with van der Waals surface area (Å²) in [5.41, 5.74) is 5.88. The smallest absolute Gasteiger partial charge is 0.310 e. The summed E-state index contributed by atoms with van der Waals surface area (Å²) >= 11 is 0. The standard InChI is InChI=1S/C33H32N4O2/c1-22-18-19-24(3)30(20-22)37-31(34-29-17-11-9-15-27(29)32(37)38)25(4)36(21-26-13-6-5-7-14-26)33(39)35-28-16-10-8-12-23(28)2/h5-20,25H,21H2,1-4H3,(H,35,39). The van der Waals surface area contributed by atoms with Gasteiger partial charge in [0.05, 0.1) is 22.6 Å². The first kappa shape index (κ1) is 25.9. The summed E-state index contributed by atoms with van der Waals surface area (Å²) < 4.78 is 1.67. The van der Waals surface area contributed by atoms with Gasteiger partial charge >= 0.3 is 6.03 Å². The highest BCUT2D eigenvalue weighted by Crippen LogP contribution is 2.27. The van der Waals surface area contributed by atoms with Crippen molar-refractivity contribution in [3.05, 3.63) is 135 Å². The molecular formula is C33H32N4O2. The summed E-state index contributed by atoms with van der Waals surface area (Å²) in [6.45, 7) is 8.22. The van der Waals surface area contributed by atoms with Crippen LogP contribution in [0.25, 0.3) is 16.6 Å². The van der Waals surface area contributed by atoms with Crippen LogP contribution in [0.1, 0.15) is 41.0 Å². The number of amides is 2. The largest absolute Gasteiger partial charge is 0.322 e. The number of nitrogens with zero attached hydrogens (tertiary/aromatic N) is 3. The molecule has 196 valence electrons. The summed E-state index contributed by atoms with van der Waals surface area (Å²) in [4.78, 5) is 34.6. The minimum Gasteiger partial charge on any atom is -0.310 e. The number of carbonyl (C=O) groups is 1. The second kappa shape index (κ2) is 11.0. The lowest BCUT2D eigenvalue weighted by molar-refractivity contribution is 0.185. The number of aryl methyl sites for hydroxylation is 3. The molecule has 39 heavy (non-hydrogen) atoms. The second-order valence-electron chi connectivity index (χ2n) is 9.95. The van der Waals surface area contributed by atoms with Gasteiger partial charge in [0.2, 0.25) is 0 Å². The van der Waals surface area contributed by atoms with Crippen LogP contribution in [0.3, 0.4) is 0 Å². The van der Waals surface area contributed by atoms with Gasteiger partial charge < -0.3 is 10.2 Å². The minimum absolute atomic E-state index is 0.157. The quantitative estimate of drug-likeness (QED) is 0.262. The topological polar surface area (TPSA) is 67.2 Å². The normalized spacial score (nSPS) is 11.8. The van der Waals surface area contributed by atoms with Crippen LogP contribution in [0.5, 0.6) is 0 Å². The molecule has 0 aliphatic carbocycles. The number of para-hydroxylation sites is 2. The van der Waals surface area contributed by atoms with E-state index in [-0.39, 0.29) is 11.6 Å². The van der Waals surface area contributed by atoms with Crippen molar-refractivity contribution < 1.29 is 4.79 Å². The molecule has 6 heteroatoms. The molecule has 1 N–H and O–H groups in total. The van der Waals surface area contributed by atoms with E-state index >= 15 is 0 Å². The van der Waals surface area contributed by atoms with Gasteiger partial charge in [-0.05, 0) is 74.2 Å². The number of hydrogen-bond donors (Lipinski definition) is 1. The van der Waals surface area contributed by atoms with Crippen molar-refractivity contribution in [3.8, 4) is 5.69 Å². The molecule has 2 amide bonds. The third-order valence-corrected chi connectivity index (χ3v) is 7.09. The van der Waals surface area contributed by atoms with Crippen LogP contribution in [-0.4, -0.2) is 20.5 Å². The number of urea groups is 1. The predicted molar refractivity (Wildman–Crippen MR) is 157 cm³/mol. The van der Waals surface area contributed by atoms with Gasteiger partial charge in [0.1, 0.15) is 5.82 Å². The van der Waals surface area contributed by atoms with Crippen LogP contribution in [-0.2, 0) is 6.54 Å². The van der Waals surface area contributed by atoms with Crippen LogP contribution < -0.4 is 10.9 Å². The SMILES string of the molecule is Cc1ccc(C)c(-n2c(C(C)N(Cc3ccccc3)C(=O)Nc3ccccc3C)nc3ccccc3c2=O)c1. The van der Waals surface area contributed by atoms with E-state index in [1.807, 2.05) is 119 Å². The molecule has 0 radical (unpaired) electrons. The van der Waals surface area contributed by atoms with E-state index in [9.17, 15) is 9.59 Å². The van der Waals surface area contributed by atoms with Gasteiger partial charge in [0, 0.05) is 12.2 Å². The molecule has 0 saturated heterocycles. The Morgan fingerprint density at radius 3 is 2.33 bits per heavy atom. The molecule has 1 atom stereocenters. The lowest BCUT2D eigenvalue weighted by Crippen LogP contribution is -2.39. The molecular weight excluding hydrogens is 484 g/mol. The van der Waals surface area contributed by atoms with Gasteiger partial charge in [-0.15, -0.1) is 0 Å². The van der Waals surface area contributed by atoms with Crippen LogP contribution in [0, 0.1) is 20.8 Å². The number of hydrogen-bond acceptors (Lipinski definition) is 3. The van der Waals surface area contributed by atoms with E-state index in [2.05, 4.69) is 5.32 Å². The molecule has 5 rings (SSSR count). The monoisotopic (exact) mass is 516 g/mol. The van der Waals surface area contributed by atoms with E-state index in [0.717, 1.165) is 33.6 Å². The van der Waals surface area contributed by atoms with Gasteiger partial charge in [-0.25, -0.2) is 9.78 Å². The number of aromatic nitrogens is 2. The van der Waals surface area contributed by atoms with Crippen LogP contribution in [0.4, 0.5) is 10.5 Å². The van der Waals surface area contributed by atoms with Gasteiger partial charge in [-0.1, -0.05) is 72.8 Å². The molecule has 1 aromatic heterocycles. The van der Waals surface area contributed by atoms with Crippen molar-refractivity contribution >= 4 is 22.6 Å². The first-order valence-corrected chi connectivity index (χ1v) is 13.1. The van der Waals surface area contributed by atoms with Crippen molar-refractivity contribution in [3.63, 3.8) is 0 Å². The third kappa shape index (κ3) is 5.32. The molecule has 5 aromatic rings. The first-order valence-electron chi connectivity index (χ1n) is 13.1. The maximum Gasteiger partial charge on any atom is 0.322 e. The third-order valence-electron chi connectivity index (χ3n) is 7.09. The summed E-state index contributed by atoms with van der Waals surface area (Å²) in [6.07, 6.45) is 0. The lowest BCUT2D eigenvalue weighted by atomic mass is 10.1. The van der Waals surface area contributed by atoms with E-state index in [1.54, 1.807) is 15.5 Å². The summed E-state index contributed by atoms with van der Waals surface area (Å²) in [5, 5.41) is 3.62. The zero-order valence-electron chi connectivity index (χ0n) is 22.7. The van der Waals surface area contributed by atoms with Crippen molar-refractivity contribution in [2.24, 2.45) is 0 Å². The Kier molecular flexibility index (Phi) is 7.28. The molecule has 0 aliphatic heterocycles. The van der Waals surface area contributed by atoms with E-state index in [0.29, 0.717) is 23.3 Å². The Morgan fingerprint density at radius 2 is 1.56 bits per heavy atom. The Hall–Kier alpha value is -4.71. The van der Waals surface area contributed by atoms with Gasteiger partial charge in [-0.3, -0.25) is 9.36 Å². The molecule has 1 unspecified atom stereocenters. The van der Waals surface area contributed by atoms with E-state index in [1.165, 1.54) is 0 Å². The van der Waals surface area contributed by atoms with Gasteiger partial charge in [-0.2, -0.15) is 0 Å². The fraction of sp³-hybridized carbons (Fsp3) is 0.182. The highest BCUT2D eigenvalue weighted by molar-refractivity contribution is 5.90. The van der Waals surface area contributed by atoms with Crippen LogP contribution in [0.2, 0.25) is 0 Å². The molecule has 0 aliphatic rings. The van der Waals surface area contributed by atoms with E-state index in [4.69, 9.17) is 4.98 Å². The zero-order chi connectivity index (χ0) is 27.5. The average Bonchev–Trinajstić information content (AvgIpc) is 2.94. The summed E-state index contributed by atoms with van der Waals surface area (Å²) in [7, 11) is 0. The van der Waals surface area contributed by atoms with Crippen molar-refractivity contribution in [1.82, 2.24) is 14.5 Å². The minimum atomic E-state index is -0.536. The molecule has 0 fully saturated rings. The van der Waals surface area contributed by atoms with Gasteiger partial charge in [0.25, 0.3) is 5.56 Å². The number of anilines is 1. The van der Waals surface area contributed by atoms with Crippen molar-refractivity contribution in [2.75, 3.05) is 5.32 Å². The Labute approximate surface area is 228 Å². The molecule has 0 saturated carbocycles. The summed E-state index contributed by atoms with van der Waals surface area (Å²) in [5.74, 6) is 0.503. The number of benzene rings is 4. The highest BCUT2D eigenvalue weighted by atomic mass is 16.2. The highest BCUT2D eigenvalue weighted by Gasteiger charge is 2.28. The molecule has 0 bridgehead atoms. The number of rotatable bonds is 6. The Balaban J connectivity index is 1.68. The maximum atomic E-state index is 14.0. The predicted octanol–water partition coefficient (Wildman–Crippen LogP) is 7.11. The first-order chi connectivity index (χ1) is 18.8. The van der Waals surface area contributed by atoms with Gasteiger partial charge in [0.15, 0.2) is 0 Å². The molecule has 1 heterocycles. The van der Waals surface area contributed by atoms with Crippen molar-refractivity contribution in [1.29, 1.82) is 0 Å². The average molecular weight is 517 g/mol. The maximum absolute atomic E-state index is 14.0. The fourth-order valence-electron chi connectivity index (χ4n) is 4.83. The Bertz CT molecular complexity index is 1710. The zero-order valence-corrected chi connectivity index (χ0v) is 22.7. The van der Waals surface area contributed by atoms with Crippen molar-refractivity contribution in [2.45, 2.75) is 40.3 Å². The molecule has 4 aromatic carbocycles. The number of nitrogens with one attached hydrogen (secondary N) is 1. The number of carbonyl (C=O) groups excluding carboxylic acids is 1. The molecule has 6 nitrogen and oxygen atoms in total. The lowest BCUT2D eigenvalue weighted by Gasteiger charge is -2.31. The number of fused-ring (bicyclic) bond motifs is 1. The summed E-state index contributed by atoms with van der Waals surface area (Å²) in [6, 6.07) is 30.1. The Morgan fingerprint density at radius 1 is 0.872 bits per heavy atom. The van der Waals surface area contributed by atoms with Crippen LogP contribution in [0.15, 0.2) is 102 Å². The second-order valence-corrected chi connectivity index (χ2v) is 9.95. The van der Waals surface area contributed by atoms with Crippen LogP contribution >= 0.6 is 0 Å². The van der Waals surface area contributed by atoms with E-state index < -0.39 is 6.04 Å². The fourth-order valence-corrected chi connectivity index (χ4v) is 4.83.